The van der Waals surface area contributed by atoms with Crippen molar-refractivity contribution < 1.29 is 13.3 Å². The summed E-state index contributed by atoms with van der Waals surface area (Å²) in [6.45, 7) is 3.87. The van der Waals surface area contributed by atoms with Crippen molar-refractivity contribution in [2.45, 2.75) is 31.1 Å². The fourth-order valence-corrected chi connectivity index (χ4v) is 3.78. The number of halogens is 1. The fraction of sp³-hybridized carbons (Fsp3) is 0.571. The van der Waals surface area contributed by atoms with E-state index in [0.29, 0.717) is 18.0 Å². The van der Waals surface area contributed by atoms with Crippen molar-refractivity contribution in [2.24, 2.45) is 5.92 Å². The third kappa shape index (κ3) is 5.42. The van der Waals surface area contributed by atoms with Crippen LogP contribution in [0.15, 0.2) is 23.1 Å². The highest BCUT2D eigenvalue weighted by Crippen LogP contribution is 2.21. The number of benzene rings is 1. The van der Waals surface area contributed by atoms with E-state index >= 15 is 0 Å². The van der Waals surface area contributed by atoms with E-state index in [1.54, 1.807) is 0 Å². The van der Waals surface area contributed by atoms with Crippen LogP contribution < -0.4 is 10.0 Å². The second-order valence-electron chi connectivity index (χ2n) is 5.60. The van der Waals surface area contributed by atoms with Crippen molar-refractivity contribution in [1.29, 1.82) is 0 Å². The van der Waals surface area contributed by atoms with Gasteiger partial charge in [0.15, 0.2) is 0 Å². The quantitative estimate of drug-likeness (QED) is 0.594. The van der Waals surface area contributed by atoms with Gasteiger partial charge in [0, 0.05) is 18.2 Å². The zero-order chi connectivity index (χ0) is 16.2. The number of piperidine rings is 1. The minimum atomic E-state index is -3.62. The van der Waals surface area contributed by atoms with E-state index in [1.165, 1.54) is 25.1 Å². The monoisotopic (exact) mass is 363 g/mol. The molecule has 0 radical (unpaired) electrons. The van der Waals surface area contributed by atoms with Crippen molar-refractivity contribution in [1.82, 2.24) is 10.0 Å². The standard InChI is InChI=1S/C14H21N3O4S.ClH/c1-11-9-13(4-5-14(11)17(18)19)22(20,21)16-8-6-12-3-2-7-15-10-12;/h4-5,9,12,15-16H,2-3,6-8,10H2,1H3;1H. The van der Waals surface area contributed by atoms with Gasteiger partial charge < -0.3 is 5.32 Å². The molecule has 0 spiro atoms. The van der Waals surface area contributed by atoms with Crippen LogP contribution in [-0.4, -0.2) is 33.0 Å². The van der Waals surface area contributed by atoms with Gasteiger partial charge in [0.1, 0.15) is 0 Å². The summed E-state index contributed by atoms with van der Waals surface area (Å²) in [4.78, 5) is 10.3. The van der Waals surface area contributed by atoms with Crippen LogP contribution in [0.4, 0.5) is 5.69 Å². The number of hydrogen-bond donors (Lipinski definition) is 2. The predicted octanol–water partition coefficient (Wildman–Crippen LogP) is 1.99. The Kier molecular flexibility index (Phi) is 7.40. The molecule has 1 aliphatic rings. The molecule has 23 heavy (non-hydrogen) atoms. The molecule has 0 aliphatic carbocycles. The molecule has 1 heterocycles. The van der Waals surface area contributed by atoms with Gasteiger partial charge in [-0.15, -0.1) is 12.4 Å². The second kappa shape index (κ2) is 8.58. The highest BCUT2D eigenvalue weighted by atomic mass is 35.5. The summed E-state index contributed by atoms with van der Waals surface area (Å²) in [5, 5.41) is 14.1. The Hall–Kier alpha value is -1.22. The molecule has 1 saturated heterocycles. The van der Waals surface area contributed by atoms with Crippen molar-refractivity contribution in [3.8, 4) is 0 Å². The van der Waals surface area contributed by atoms with E-state index in [1.807, 2.05) is 0 Å². The van der Waals surface area contributed by atoms with Gasteiger partial charge in [-0.2, -0.15) is 0 Å². The molecule has 0 amide bonds. The number of aryl methyl sites for hydroxylation is 1. The minimum absolute atomic E-state index is 0. The zero-order valence-electron chi connectivity index (χ0n) is 12.9. The number of nitro groups is 1. The Balaban J connectivity index is 0.00000264. The summed E-state index contributed by atoms with van der Waals surface area (Å²) >= 11 is 0. The number of nitrogens with one attached hydrogen (secondary N) is 2. The maximum absolute atomic E-state index is 12.2. The van der Waals surface area contributed by atoms with Gasteiger partial charge in [-0.25, -0.2) is 13.1 Å². The van der Waals surface area contributed by atoms with Gasteiger partial charge >= 0.3 is 0 Å². The SMILES string of the molecule is Cc1cc(S(=O)(=O)NCCC2CCCNC2)ccc1[N+](=O)[O-].Cl. The number of hydrogen-bond acceptors (Lipinski definition) is 5. The van der Waals surface area contributed by atoms with Crippen LogP contribution >= 0.6 is 12.4 Å². The molecule has 1 aromatic rings. The van der Waals surface area contributed by atoms with Crippen LogP contribution in [-0.2, 0) is 10.0 Å². The van der Waals surface area contributed by atoms with Crippen molar-refractivity contribution >= 4 is 28.1 Å². The number of sulfonamides is 1. The first-order valence-electron chi connectivity index (χ1n) is 7.35. The lowest BCUT2D eigenvalue weighted by Crippen LogP contribution is -2.33. The van der Waals surface area contributed by atoms with E-state index in [9.17, 15) is 18.5 Å². The van der Waals surface area contributed by atoms with Crippen molar-refractivity contribution in [3.05, 3.63) is 33.9 Å². The van der Waals surface area contributed by atoms with Crippen LogP contribution in [0.25, 0.3) is 0 Å². The fourth-order valence-electron chi connectivity index (χ4n) is 2.65. The zero-order valence-corrected chi connectivity index (χ0v) is 14.6. The summed E-state index contributed by atoms with van der Waals surface area (Å²) in [5.41, 5.74) is 0.261. The summed E-state index contributed by atoms with van der Waals surface area (Å²) in [6.07, 6.45) is 3.03. The molecule has 0 bridgehead atoms. The summed E-state index contributed by atoms with van der Waals surface area (Å²) < 4.78 is 27.0. The van der Waals surface area contributed by atoms with Gasteiger partial charge in [0.2, 0.25) is 10.0 Å². The Morgan fingerprint density at radius 3 is 2.74 bits per heavy atom. The maximum atomic E-state index is 12.2. The van der Waals surface area contributed by atoms with Crippen LogP contribution in [0.3, 0.4) is 0 Å². The number of rotatable bonds is 6. The summed E-state index contributed by atoms with van der Waals surface area (Å²) in [5.74, 6) is 0.495. The molecular weight excluding hydrogens is 342 g/mol. The highest BCUT2D eigenvalue weighted by Gasteiger charge is 2.19. The Bertz CT molecular complexity index is 645. The largest absolute Gasteiger partial charge is 0.316 e. The molecule has 9 heteroatoms. The van der Waals surface area contributed by atoms with Gasteiger partial charge in [-0.1, -0.05) is 0 Å². The molecular formula is C14H22ClN3O4S. The van der Waals surface area contributed by atoms with E-state index in [0.717, 1.165) is 32.4 Å². The molecule has 0 aromatic heterocycles. The molecule has 1 aliphatic heterocycles. The Labute approximate surface area is 142 Å². The lowest BCUT2D eigenvalue weighted by atomic mass is 9.96. The smallest absolute Gasteiger partial charge is 0.272 e. The lowest BCUT2D eigenvalue weighted by molar-refractivity contribution is -0.385. The molecule has 1 atom stereocenters. The van der Waals surface area contributed by atoms with Gasteiger partial charge in [0.25, 0.3) is 5.69 Å². The Morgan fingerprint density at radius 2 is 2.17 bits per heavy atom. The molecule has 0 saturated carbocycles. The van der Waals surface area contributed by atoms with Gasteiger partial charge in [-0.3, -0.25) is 10.1 Å². The number of nitrogens with zero attached hydrogens (tertiary/aromatic N) is 1. The van der Waals surface area contributed by atoms with Gasteiger partial charge in [0.05, 0.1) is 9.82 Å². The molecule has 2 rings (SSSR count). The molecule has 2 N–H and O–H groups in total. The van der Waals surface area contributed by atoms with Crippen LogP contribution in [0.5, 0.6) is 0 Å². The first-order valence-corrected chi connectivity index (χ1v) is 8.84. The lowest BCUT2D eigenvalue weighted by Gasteiger charge is -2.22. The van der Waals surface area contributed by atoms with Crippen LogP contribution in [0, 0.1) is 23.0 Å². The average molecular weight is 364 g/mol. The first-order chi connectivity index (χ1) is 10.4. The first kappa shape index (κ1) is 19.8. The highest BCUT2D eigenvalue weighted by molar-refractivity contribution is 7.89. The third-order valence-corrected chi connectivity index (χ3v) is 5.38. The average Bonchev–Trinajstić information content (AvgIpc) is 2.47. The number of nitro benzene ring substituents is 1. The normalized spacial score (nSPS) is 18.2. The van der Waals surface area contributed by atoms with E-state index < -0.39 is 14.9 Å². The topological polar surface area (TPSA) is 101 Å². The van der Waals surface area contributed by atoms with Crippen molar-refractivity contribution in [3.63, 3.8) is 0 Å². The molecule has 1 fully saturated rings. The van der Waals surface area contributed by atoms with Gasteiger partial charge in [-0.05, 0) is 57.3 Å². The summed E-state index contributed by atoms with van der Waals surface area (Å²) in [7, 11) is -3.62. The minimum Gasteiger partial charge on any atom is -0.316 e. The molecule has 130 valence electrons. The van der Waals surface area contributed by atoms with Crippen molar-refractivity contribution in [2.75, 3.05) is 19.6 Å². The molecule has 1 unspecified atom stereocenters. The molecule has 7 nitrogen and oxygen atoms in total. The maximum Gasteiger partial charge on any atom is 0.272 e. The third-order valence-electron chi connectivity index (χ3n) is 3.92. The van der Waals surface area contributed by atoms with Crippen LogP contribution in [0.2, 0.25) is 0 Å². The van der Waals surface area contributed by atoms with E-state index in [2.05, 4.69) is 10.0 Å². The van der Waals surface area contributed by atoms with E-state index in [4.69, 9.17) is 0 Å². The second-order valence-corrected chi connectivity index (χ2v) is 7.37. The van der Waals surface area contributed by atoms with E-state index in [-0.39, 0.29) is 23.0 Å². The predicted molar refractivity (Wildman–Crippen MR) is 90.5 cm³/mol. The molecule has 1 aromatic carbocycles. The van der Waals surface area contributed by atoms with Crippen LogP contribution in [0.1, 0.15) is 24.8 Å². The summed E-state index contributed by atoms with van der Waals surface area (Å²) in [6, 6.07) is 3.84. The Morgan fingerprint density at radius 1 is 1.43 bits per heavy atom.